The summed E-state index contributed by atoms with van der Waals surface area (Å²) < 4.78 is 2.40. The molecule has 0 aliphatic rings. The molecular formula is C17H16BrNS. The molecule has 0 bridgehead atoms. The van der Waals surface area contributed by atoms with Crippen LogP contribution in [0.4, 0.5) is 0 Å². The first-order chi connectivity index (χ1) is 9.56. The van der Waals surface area contributed by atoms with Crippen LogP contribution < -0.4 is 5.73 Å². The summed E-state index contributed by atoms with van der Waals surface area (Å²) in [7, 11) is 0. The maximum Gasteiger partial charge on any atom is 0.0422 e. The van der Waals surface area contributed by atoms with Gasteiger partial charge in [-0.05, 0) is 53.4 Å². The number of benzene rings is 2. The Labute approximate surface area is 131 Å². The third-order valence-corrected chi connectivity index (χ3v) is 5.11. The summed E-state index contributed by atoms with van der Waals surface area (Å²) in [6, 6.07) is 16.8. The molecule has 0 saturated heterocycles. The Bertz CT molecular complexity index is 745. The molecule has 0 saturated carbocycles. The summed E-state index contributed by atoms with van der Waals surface area (Å²) >= 11 is 5.31. The highest BCUT2D eigenvalue weighted by Crippen LogP contribution is 2.31. The van der Waals surface area contributed by atoms with Gasteiger partial charge in [0.2, 0.25) is 0 Å². The Kier molecular flexibility index (Phi) is 3.67. The zero-order valence-electron chi connectivity index (χ0n) is 11.3. The van der Waals surface area contributed by atoms with Crippen molar-refractivity contribution in [1.82, 2.24) is 0 Å². The van der Waals surface area contributed by atoms with Crippen LogP contribution in [0.25, 0.3) is 10.1 Å². The van der Waals surface area contributed by atoms with E-state index < -0.39 is 0 Å². The molecule has 0 spiro atoms. The van der Waals surface area contributed by atoms with Crippen LogP contribution in [0, 0.1) is 0 Å². The number of thiophene rings is 1. The number of fused-ring (bicyclic) bond motifs is 1. The van der Waals surface area contributed by atoms with Gasteiger partial charge < -0.3 is 5.73 Å². The van der Waals surface area contributed by atoms with E-state index in [0.717, 1.165) is 16.5 Å². The lowest BCUT2D eigenvalue weighted by atomic mass is 9.86. The van der Waals surface area contributed by atoms with Crippen LogP contribution in [0.2, 0.25) is 0 Å². The van der Waals surface area contributed by atoms with Gasteiger partial charge in [0.1, 0.15) is 0 Å². The molecule has 1 aromatic heterocycles. The number of hydrogen-bond acceptors (Lipinski definition) is 2. The average Bonchev–Trinajstić information content (AvgIpc) is 2.82. The van der Waals surface area contributed by atoms with E-state index in [-0.39, 0.29) is 5.54 Å². The second-order valence-corrected chi connectivity index (χ2v) is 7.19. The van der Waals surface area contributed by atoms with Crippen molar-refractivity contribution in [2.45, 2.75) is 18.9 Å². The lowest BCUT2D eigenvalue weighted by molar-refractivity contribution is 0.493. The van der Waals surface area contributed by atoms with Crippen LogP contribution in [0.3, 0.4) is 0 Å². The van der Waals surface area contributed by atoms with Gasteiger partial charge in [0.15, 0.2) is 0 Å². The zero-order chi connectivity index (χ0) is 14.2. The molecule has 3 heteroatoms. The predicted octanol–water partition coefficient (Wildman–Crippen LogP) is 5.08. The molecule has 1 heterocycles. The van der Waals surface area contributed by atoms with Gasteiger partial charge in [0.25, 0.3) is 0 Å². The second-order valence-electron chi connectivity index (χ2n) is 5.36. The molecule has 0 radical (unpaired) electrons. The van der Waals surface area contributed by atoms with Crippen molar-refractivity contribution in [3.8, 4) is 0 Å². The number of hydrogen-bond donors (Lipinski definition) is 1. The van der Waals surface area contributed by atoms with Crippen molar-refractivity contribution in [1.29, 1.82) is 0 Å². The molecule has 102 valence electrons. The fraction of sp³-hybridized carbons (Fsp3) is 0.176. The maximum absolute atomic E-state index is 6.57. The van der Waals surface area contributed by atoms with E-state index in [9.17, 15) is 0 Å². The Morgan fingerprint density at radius 1 is 1.15 bits per heavy atom. The van der Waals surface area contributed by atoms with Gasteiger partial charge in [0, 0.05) is 14.7 Å². The van der Waals surface area contributed by atoms with E-state index >= 15 is 0 Å². The topological polar surface area (TPSA) is 26.0 Å². The van der Waals surface area contributed by atoms with Gasteiger partial charge in [0.05, 0.1) is 0 Å². The lowest BCUT2D eigenvalue weighted by Gasteiger charge is -2.25. The molecular weight excluding hydrogens is 330 g/mol. The highest BCUT2D eigenvalue weighted by Gasteiger charge is 2.23. The van der Waals surface area contributed by atoms with Crippen LogP contribution in [-0.4, -0.2) is 0 Å². The van der Waals surface area contributed by atoms with E-state index in [1.54, 1.807) is 11.3 Å². The lowest BCUT2D eigenvalue weighted by Crippen LogP contribution is -2.35. The first kappa shape index (κ1) is 13.8. The fourth-order valence-corrected chi connectivity index (χ4v) is 3.87. The van der Waals surface area contributed by atoms with Crippen LogP contribution >= 0.6 is 27.3 Å². The predicted molar refractivity (Wildman–Crippen MR) is 91.2 cm³/mol. The Balaban J connectivity index is 1.97. The quantitative estimate of drug-likeness (QED) is 0.703. The first-order valence-corrected chi connectivity index (χ1v) is 8.23. The molecule has 0 aliphatic carbocycles. The summed E-state index contributed by atoms with van der Waals surface area (Å²) in [6.07, 6.45) is 0.841. The molecule has 1 unspecified atom stereocenters. The van der Waals surface area contributed by atoms with Gasteiger partial charge in [-0.25, -0.2) is 0 Å². The largest absolute Gasteiger partial charge is 0.321 e. The standard InChI is InChI=1S/C17H16BrNS/c1-17(19,13-5-4-6-14(18)9-13)10-12-11-20-16-8-3-2-7-15(12)16/h2-9,11H,10,19H2,1H3. The Hall–Kier alpha value is -1.16. The third kappa shape index (κ3) is 2.66. The number of rotatable bonds is 3. The summed E-state index contributed by atoms with van der Waals surface area (Å²) in [5, 5.41) is 3.55. The van der Waals surface area contributed by atoms with Crippen LogP contribution in [0.5, 0.6) is 0 Å². The molecule has 3 aromatic rings. The van der Waals surface area contributed by atoms with E-state index in [0.29, 0.717) is 0 Å². The molecule has 3 rings (SSSR count). The average molecular weight is 346 g/mol. The summed E-state index contributed by atoms with van der Waals surface area (Å²) in [4.78, 5) is 0. The molecule has 2 aromatic carbocycles. The van der Waals surface area contributed by atoms with Gasteiger partial charge in [-0.2, -0.15) is 0 Å². The van der Waals surface area contributed by atoms with Crippen LogP contribution in [0.1, 0.15) is 18.1 Å². The monoisotopic (exact) mass is 345 g/mol. The Morgan fingerprint density at radius 2 is 1.95 bits per heavy atom. The number of nitrogens with two attached hydrogens (primary N) is 1. The van der Waals surface area contributed by atoms with Crippen molar-refractivity contribution >= 4 is 37.4 Å². The molecule has 0 fully saturated rings. The van der Waals surface area contributed by atoms with E-state index in [4.69, 9.17) is 5.73 Å². The minimum Gasteiger partial charge on any atom is -0.321 e. The van der Waals surface area contributed by atoms with E-state index in [1.165, 1.54) is 15.6 Å². The van der Waals surface area contributed by atoms with E-state index in [1.807, 2.05) is 12.1 Å². The Morgan fingerprint density at radius 3 is 2.75 bits per heavy atom. The minimum absolute atomic E-state index is 0.367. The molecule has 1 atom stereocenters. The highest BCUT2D eigenvalue weighted by molar-refractivity contribution is 9.10. The zero-order valence-corrected chi connectivity index (χ0v) is 13.7. The number of halogens is 1. The highest BCUT2D eigenvalue weighted by atomic mass is 79.9. The van der Waals surface area contributed by atoms with Gasteiger partial charge in [-0.3, -0.25) is 0 Å². The normalized spacial score (nSPS) is 14.3. The third-order valence-electron chi connectivity index (χ3n) is 3.60. The minimum atomic E-state index is -0.367. The van der Waals surface area contributed by atoms with Crippen LogP contribution in [0.15, 0.2) is 58.4 Å². The van der Waals surface area contributed by atoms with Crippen molar-refractivity contribution in [2.75, 3.05) is 0 Å². The smallest absolute Gasteiger partial charge is 0.0422 e. The second kappa shape index (κ2) is 5.32. The molecule has 2 N–H and O–H groups in total. The molecule has 1 nitrogen and oxygen atoms in total. The van der Waals surface area contributed by atoms with Gasteiger partial charge in [-0.15, -0.1) is 11.3 Å². The van der Waals surface area contributed by atoms with Gasteiger partial charge >= 0.3 is 0 Å². The van der Waals surface area contributed by atoms with Crippen molar-refractivity contribution in [2.24, 2.45) is 5.73 Å². The molecule has 20 heavy (non-hydrogen) atoms. The SMILES string of the molecule is CC(N)(Cc1csc2ccccc12)c1cccc(Br)c1. The molecule has 0 aliphatic heterocycles. The van der Waals surface area contributed by atoms with Crippen LogP contribution in [-0.2, 0) is 12.0 Å². The first-order valence-electron chi connectivity index (χ1n) is 6.56. The summed E-state index contributed by atoms with van der Waals surface area (Å²) in [5.41, 5.74) is 8.69. The van der Waals surface area contributed by atoms with Crippen molar-refractivity contribution < 1.29 is 0 Å². The summed E-state index contributed by atoms with van der Waals surface area (Å²) in [5.74, 6) is 0. The fourth-order valence-electron chi connectivity index (χ4n) is 2.51. The van der Waals surface area contributed by atoms with Crippen molar-refractivity contribution in [3.63, 3.8) is 0 Å². The van der Waals surface area contributed by atoms with Crippen molar-refractivity contribution in [3.05, 3.63) is 69.5 Å². The maximum atomic E-state index is 6.57. The molecule has 0 amide bonds. The van der Waals surface area contributed by atoms with E-state index in [2.05, 4.69) is 64.6 Å². The summed E-state index contributed by atoms with van der Waals surface area (Å²) in [6.45, 7) is 2.10. The van der Waals surface area contributed by atoms with Gasteiger partial charge in [-0.1, -0.05) is 46.3 Å².